The third-order valence-corrected chi connectivity index (χ3v) is 23.4. The van der Waals surface area contributed by atoms with Crippen molar-refractivity contribution < 1.29 is 36.5 Å². The SMILES string of the molecule is CNc1cc(F)cc2c1Cc1nc(Oc3ccc(C)nc3)nc(-c3ccc(Cl)cc3N)c1-2.CNc1cc(F)cc2c1Cc1nc(Oc3ccc(C)nc3)nc(C3=CCNCC3)c1-2.CNc1cc(F)cc2c1Cc1nc(Oc3ccc(C)nc3)nc(N3CCNCC3)c1-2.CNc1cc(F)cc2c1Cc1nc(Oc3cncc(C)c3)nc(N3CC4C(N)C4C3)c1-2. The molecule has 3 aliphatic heterocycles. The number of aryl methyl sites for hydroxylation is 4. The Morgan fingerprint density at radius 1 is 0.431 bits per heavy atom. The van der Waals surface area contributed by atoms with Gasteiger partial charge in [0.15, 0.2) is 0 Å². The minimum absolute atomic E-state index is 0.165. The fourth-order valence-corrected chi connectivity index (χ4v) is 17.3. The maximum Gasteiger partial charge on any atom is 0.324 e. The molecule has 0 amide bonds. The molecule has 21 rings (SSSR count). The molecule has 8 aliphatic rings. The van der Waals surface area contributed by atoms with Crippen LogP contribution in [0.2, 0.25) is 5.02 Å². The van der Waals surface area contributed by atoms with Crippen molar-refractivity contribution in [2.75, 3.05) is 117 Å². The highest BCUT2D eigenvalue weighted by Gasteiger charge is 2.54. The van der Waals surface area contributed by atoms with Gasteiger partial charge in [-0.1, -0.05) is 17.7 Å². The van der Waals surface area contributed by atoms with E-state index >= 15 is 0 Å². The molecule has 5 aromatic carbocycles. The van der Waals surface area contributed by atoms with E-state index in [1.807, 2.05) is 64.1 Å². The fourth-order valence-electron chi connectivity index (χ4n) is 17.1. The third-order valence-electron chi connectivity index (χ3n) is 23.2. The molecule has 13 aromatic rings. The van der Waals surface area contributed by atoms with Gasteiger partial charge >= 0.3 is 24.0 Å². The van der Waals surface area contributed by atoms with E-state index in [9.17, 15) is 17.6 Å². The molecule has 31 heteroatoms. The summed E-state index contributed by atoms with van der Waals surface area (Å²) in [5.41, 5.74) is 36.9. The molecule has 5 aliphatic carbocycles. The van der Waals surface area contributed by atoms with E-state index in [2.05, 4.69) is 77.7 Å². The van der Waals surface area contributed by atoms with E-state index in [1.54, 1.807) is 102 Å². The van der Waals surface area contributed by atoms with Crippen LogP contribution in [0.3, 0.4) is 0 Å². The molecular formula is C92H87ClF4N22O4. The molecule has 123 heavy (non-hydrogen) atoms. The van der Waals surface area contributed by atoms with Crippen LogP contribution in [-0.2, 0) is 25.7 Å². The molecular weight excluding hydrogens is 1590 g/mol. The minimum atomic E-state index is -0.345. The predicted octanol–water partition coefficient (Wildman–Crippen LogP) is 16.0. The largest absolute Gasteiger partial charge is 0.423 e. The lowest BCUT2D eigenvalue weighted by atomic mass is 9.97. The first-order valence-corrected chi connectivity index (χ1v) is 41.0. The molecule has 1 saturated carbocycles. The van der Waals surface area contributed by atoms with E-state index in [1.165, 1.54) is 30.3 Å². The van der Waals surface area contributed by atoms with Gasteiger partial charge < -0.3 is 72.1 Å². The summed E-state index contributed by atoms with van der Waals surface area (Å²) in [7, 11) is 7.18. The van der Waals surface area contributed by atoms with Crippen LogP contribution >= 0.6 is 11.6 Å². The number of hydrogen-bond acceptors (Lipinski definition) is 26. The van der Waals surface area contributed by atoms with Gasteiger partial charge in [0.25, 0.3) is 0 Å². The van der Waals surface area contributed by atoms with Gasteiger partial charge in [-0.25, -0.2) is 17.6 Å². The lowest BCUT2D eigenvalue weighted by Crippen LogP contribution is -2.44. The van der Waals surface area contributed by atoms with E-state index in [0.29, 0.717) is 88.2 Å². The summed E-state index contributed by atoms with van der Waals surface area (Å²) in [5, 5.41) is 19.6. The lowest BCUT2D eigenvalue weighted by molar-refractivity contribution is 0.437. The number of nitrogens with one attached hydrogen (secondary N) is 6. The number of hydrogen-bond donors (Lipinski definition) is 8. The van der Waals surface area contributed by atoms with Crippen LogP contribution in [0.5, 0.6) is 47.0 Å². The van der Waals surface area contributed by atoms with Crippen molar-refractivity contribution in [1.82, 2.24) is 70.4 Å². The number of aromatic nitrogens is 12. The number of anilines is 7. The fraction of sp³-hybridized carbons (Fsp3) is 0.261. The highest BCUT2D eigenvalue weighted by atomic mass is 35.5. The minimum Gasteiger partial charge on any atom is -0.423 e. The third kappa shape index (κ3) is 16.4. The molecule has 0 radical (unpaired) electrons. The number of piperazine rings is 1. The van der Waals surface area contributed by atoms with E-state index in [4.69, 9.17) is 71.9 Å². The number of pyridine rings is 4. The van der Waals surface area contributed by atoms with Crippen LogP contribution < -0.4 is 72.1 Å². The van der Waals surface area contributed by atoms with Crippen LogP contribution in [0.4, 0.5) is 57.6 Å². The normalized spacial score (nSPS) is 16.0. The summed E-state index contributed by atoms with van der Waals surface area (Å²) in [6.07, 6.45) is 13.7. The Kier molecular flexibility index (Phi) is 22.1. The first-order valence-electron chi connectivity index (χ1n) is 40.7. The Morgan fingerprint density at radius 2 is 0.846 bits per heavy atom. The van der Waals surface area contributed by atoms with E-state index in [0.717, 1.165) is 211 Å². The number of fused-ring (bicyclic) bond motifs is 13. The number of piperidine rings is 1. The molecule has 2 unspecified atom stereocenters. The summed E-state index contributed by atoms with van der Waals surface area (Å²) in [6.45, 7) is 14.4. The van der Waals surface area contributed by atoms with E-state index < -0.39 is 0 Å². The van der Waals surface area contributed by atoms with E-state index in [-0.39, 0.29) is 53.4 Å². The average molecular weight is 1680 g/mol. The Hall–Kier alpha value is -13.6. The van der Waals surface area contributed by atoms with Crippen molar-refractivity contribution in [2.45, 2.75) is 65.8 Å². The molecule has 26 nitrogen and oxygen atoms in total. The number of nitrogen functional groups attached to an aromatic ring is 1. The van der Waals surface area contributed by atoms with Gasteiger partial charge in [-0.05, 0) is 217 Å². The van der Waals surface area contributed by atoms with Crippen molar-refractivity contribution in [3.8, 4) is 103 Å². The van der Waals surface area contributed by atoms with Crippen LogP contribution in [0.25, 0.3) is 61.3 Å². The average Bonchev–Trinajstić information content (AvgIpc) is 1.57. The maximum atomic E-state index is 14.4. The molecule has 0 spiro atoms. The second-order valence-electron chi connectivity index (χ2n) is 31.3. The first kappa shape index (κ1) is 80.5. The zero-order valence-electron chi connectivity index (χ0n) is 68.7. The Morgan fingerprint density at radius 3 is 1.26 bits per heavy atom. The van der Waals surface area contributed by atoms with Crippen LogP contribution in [0, 0.1) is 62.8 Å². The molecule has 2 saturated heterocycles. The smallest absolute Gasteiger partial charge is 0.324 e. The van der Waals surface area contributed by atoms with Gasteiger partial charge in [0.1, 0.15) is 57.9 Å². The van der Waals surface area contributed by atoms with Gasteiger partial charge in [0.2, 0.25) is 0 Å². The monoisotopic (exact) mass is 1670 g/mol. The lowest BCUT2D eigenvalue weighted by Gasteiger charge is -2.30. The number of ether oxygens (including phenoxy) is 4. The quantitative estimate of drug-likeness (QED) is 0.0329. The maximum absolute atomic E-state index is 14.4. The van der Waals surface area contributed by atoms with Gasteiger partial charge in [-0.3, -0.25) is 19.9 Å². The zero-order valence-corrected chi connectivity index (χ0v) is 69.5. The highest BCUT2D eigenvalue weighted by Crippen LogP contribution is 2.53. The van der Waals surface area contributed by atoms with Crippen LogP contribution in [0.1, 0.15) is 79.8 Å². The Bertz CT molecular complexity index is 6330. The summed E-state index contributed by atoms with van der Waals surface area (Å²) >= 11 is 6.11. The van der Waals surface area contributed by atoms with Crippen molar-refractivity contribution in [3.63, 3.8) is 0 Å². The van der Waals surface area contributed by atoms with Crippen LogP contribution in [-0.4, -0.2) is 146 Å². The number of nitrogens with two attached hydrogens (primary N) is 2. The molecule has 624 valence electrons. The topological polar surface area (TPSA) is 322 Å². The number of rotatable bonds is 16. The number of halogens is 5. The number of nitrogens with zero attached hydrogens (tertiary/aromatic N) is 14. The van der Waals surface area contributed by atoms with Crippen molar-refractivity contribution in [1.29, 1.82) is 0 Å². The molecule has 10 N–H and O–H groups in total. The Balaban J connectivity index is 0.000000112. The summed E-state index contributed by atoms with van der Waals surface area (Å²) in [5.74, 6) is 3.70. The van der Waals surface area contributed by atoms with Crippen LogP contribution in [0.15, 0.2) is 146 Å². The second kappa shape index (κ2) is 33.8. The van der Waals surface area contributed by atoms with Gasteiger partial charge in [-0.15, -0.1) is 0 Å². The summed E-state index contributed by atoms with van der Waals surface area (Å²) in [6, 6.07) is 31.8. The summed E-state index contributed by atoms with van der Waals surface area (Å²) in [4.78, 5) is 59.2. The van der Waals surface area contributed by atoms with Crippen molar-refractivity contribution >= 4 is 57.2 Å². The van der Waals surface area contributed by atoms with Gasteiger partial charge in [0, 0.05) is 190 Å². The Labute approximate surface area is 711 Å². The molecule has 0 bridgehead atoms. The molecule has 3 fully saturated rings. The highest BCUT2D eigenvalue weighted by molar-refractivity contribution is 6.31. The van der Waals surface area contributed by atoms with Gasteiger partial charge in [-0.2, -0.15) is 39.9 Å². The standard InChI is InChI=1S/C24H19ClFN5O.C23H23FN6O.C23H22FN5O.C22H23FN6O/c1-12-3-5-15(11-29-12)32-24-30-21-10-17-18(8-14(26)9-20(17)28-2)22(21)23(31-24)16-6-4-13(25)7-19(16)27;1-11-3-13(8-27-7-11)31-23-28-19-6-14-15(4-12(24)5-18(14)26-2)20(19)22(29-23)30-9-16-17(10-30)21(16)25;1-13-3-4-16(12-27-13)30-23-28-20-11-17-18(9-15(24)10-19(17)25-2)21(20)22(29-23)14-5-7-26-8-6-14;1-13-3-4-15(12-26-13)30-22-27-19-11-16-17(9-14(23)10-18(16)24-2)20(19)21(28-22)29-7-5-25-6-8-29/h3-9,11,28H,10,27H2,1-2H3;3-5,7-8,16-17,21,26H,6,9-10,25H2,1-2H3;3-5,9-10,12,25-26H,6-8,11H2,1-2H3;3-4,9-10,12,24-25H,5-8,11H2,1-2H3. The first-order chi connectivity index (χ1) is 59.7. The molecule has 11 heterocycles. The number of benzene rings is 5. The second-order valence-corrected chi connectivity index (χ2v) is 31.7. The summed E-state index contributed by atoms with van der Waals surface area (Å²) < 4.78 is 81.3. The molecule has 2 atom stereocenters. The zero-order chi connectivity index (χ0) is 85.0. The molecule has 8 aromatic heterocycles. The van der Waals surface area contributed by atoms with Gasteiger partial charge in [0.05, 0.1) is 59.0 Å². The van der Waals surface area contributed by atoms with Crippen molar-refractivity contribution in [2.24, 2.45) is 17.6 Å². The van der Waals surface area contributed by atoms with Crippen molar-refractivity contribution in [3.05, 3.63) is 248 Å². The predicted molar refractivity (Wildman–Crippen MR) is 468 cm³/mol.